The summed E-state index contributed by atoms with van der Waals surface area (Å²) in [5, 5.41) is -0.110. The first-order chi connectivity index (χ1) is 18.5. The van der Waals surface area contributed by atoms with E-state index in [1.165, 1.54) is 12.0 Å². The fraction of sp³-hybridized carbons (Fsp3) is 0.621. The molecule has 2 rings (SSSR count). The highest BCUT2D eigenvalue weighted by atomic mass is 28.4. The van der Waals surface area contributed by atoms with Crippen LogP contribution in [0.15, 0.2) is 41.9 Å². The average Bonchev–Trinajstić information content (AvgIpc) is 3.49. The zero-order valence-electron chi connectivity index (χ0n) is 26.0. The first-order valence-electron chi connectivity index (χ1n) is 13.9. The number of carbonyl (C=O) groups is 3. The molecule has 0 saturated carbocycles. The van der Waals surface area contributed by atoms with Gasteiger partial charge in [-0.15, -0.1) is 0 Å². The SMILES string of the molecule is CCOC(=O)C1=CC(C/C=C(\O[Si](C)(C)C(C)(C)C)C(=O)OC)CN1C(=O)c1cccn1COCC[Si](C)(C)C. The molecule has 1 aromatic heterocycles. The van der Waals surface area contributed by atoms with Crippen molar-refractivity contribution in [3.63, 3.8) is 0 Å². The number of esters is 2. The molecule has 0 aliphatic carbocycles. The molecule has 0 N–H and O–H groups in total. The van der Waals surface area contributed by atoms with E-state index in [0.717, 1.165) is 6.04 Å². The number of aromatic nitrogens is 1. The molecular weight excluding hydrogens is 544 g/mol. The molecule has 0 fully saturated rings. The highest BCUT2D eigenvalue weighted by molar-refractivity contribution is 6.76. The van der Waals surface area contributed by atoms with Gasteiger partial charge in [-0.25, -0.2) is 9.59 Å². The molecule has 0 radical (unpaired) electrons. The van der Waals surface area contributed by atoms with Crippen LogP contribution in [0.1, 0.15) is 44.6 Å². The zero-order valence-corrected chi connectivity index (χ0v) is 28.0. The quantitative estimate of drug-likeness (QED) is 0.0941. The fourth-order valence-corrected chi connectivity index (χ4v) is 5.55. The Bertz CT molecular complexity index is 1110. The van der Waals surface area contributed by atoms with Gasteiger partial charge >= 0.3 is 11.9 Å². The standard InChI is InChI=1S/C29H48N2O7Si2/c1-11-37-27(33)24-19-22(14-15-25(28(34)35-5)38-40(9,10)29(2,3)4)20-31(24)26(32)23-13-12-16-30(23)21-36-17-18-39(6,7)8/h12-13,15-16,19,22H,11,14,17-18,20-21H2,1-10H3/b25-15-. The monoisotopic (exact) mass is 592 g/mol. The van der Waals surface area contributed by atoms with Gasteiger partial charge in [-0.05, 0) is 61.8 Å². The molecule has 0 saturated heterocycles. The van der Waals surface area contributed by atoms with Crippen LogP contribution in [0.4, 0.5) is 0 Å². The summed E-state index contributed by atoms with van der Waals surface area (Å²) in [6, 6.07) is 4.55. The maximum atomic E-state index is 13.7. The maximum Gasteiger partial charge on any atom is 0.371 e. The highest BCUT2D eigenvalue weighted by Gasteiger charge is 2.41. The molecule has 0 bridgehead atoms. The van der Waals surface area contributed by atoms with Crippen LogP contribution in [0.3, 0.4) is 0 Å². The van der Waals surface area contributed by atoms with Crippen molar-refractivity contribution in [1.29, 1.82) is 0 Å². The molecule has 224 valence electrons. The van der Waals surface area contributed by atoms with Crippen LogP contribution in [0.25, 0.3) is 0 Å². The Morgan fingerprint density at radius 2 is 1.80 bits per heavy atom. The van der Waals surface area contributed by atoms with Gasteiger partial charge in [0.05, 0.1) is 13.7 Å². The van der Waals surface area contributed by atoms with Crippen LogP contribution in [0, 0.1) is 5.92 Å². The minimum Gasteiger partial charge on any atom is -0.539 e. The van der Waals surface area contributed by atoms with Crippen molar-refractivity contribution in [1.82, 2.24) is 9.47 Å². The molecule has 40 heavy (non-hydrogen) atoms. The van der Waals surface area contributed by atoms with Crippen molar-refractivity contribution in [2.75, 3.05) is 26.9 Å². The van der Waals surface area contributed by atoms with E-state index in [0.29, 0.717) is 18.7 Å². The van der Waals surface area contributed by atoms with Crippen LogP contribution >= 0.6 is 0 Å². The van der Waals surface area contributed by atoms with Crippen LogP contribution in [-0.4, -0.2) is 70.6 Å². The van der Waals surface area contributed by atoms with Crippen molar-refractivity contribution in [3.8, 4) is 0 Å². The minimum absolute atomic E-state index is 0.110. The third-order valence-corrected chi connectivity index (χ3v) is 13.3. The van der Waals surface area contributed by atoms with E-state index in [9.17, 15) is 14.4 Å². The van der Waals surface area contributed by atoms with Crippen LogP contribution in [0.2, 0.25) is 43.8 Å². The lowest BCUT2D eigenvalue weighted by Crippen LogP contribution is -2.41. The van der Waals surface area contributed by atoms with Gasteiger partial charge in [-0.2, -0.15) is 0 Å². The number of hydrogen-bond donors (Lipinski definition) is 0. The van der Waals surface area contributed by atoms with Crippen molar-refractivity contribution in [2.45, 2.75) is 84.7 Å². The highest BCUT2D eigenvalue weighted by Crippen LogP contribution is 2.38. The van der Waals surface area contributed by atoms with E-state index in [2.05, 4.69) is 53.5 Å². The Morgan fingerprint density at radius 3 is 2.38 bits per heavy atom. The average molecular weight is 593 g/mol. The predicted octanol–water partition coefficient (Wildman–Crippen LogP) is 5.79. The van der Waals surface area contributed by atoms with Gasteiger partial charge in [-0.1, -0.05) is 40.4 Å². The molecule has 2 heterocycles. The molecule has 1 aromatic rings. The lowest BCUT2D eigenvalue weighted by molar-refractivity contribution is -0.140. The third kappa shape index (κ3) is 9.20. The summed E-state index contributed by atoms with van der Waals surface area (Å²) >= 11 is 0. The first kappa shape index (κ1) is 33.6. The summed E-state index contributed by atoms with van der Waals surface area (Å²) in [5.74, 6) is -1.47. The summed E-state index contributed by atoms with van der Waals surface area (Å²) in [5.41, 5.74) is 0.624. The number of rotatable bonds is 13. The number of allylic oxidation sites excluding steroid dienone is 1. The Labute approximate surface area is 241 Å². The molecule has 1 unspecified atom stereocenters. The molecular formula is C29H48N2O7Si2. The van der Waals surface area contributed by atoms with Crippen LogP contribution in [-0.2, 0) is 35.0 Å². The normalized spacial score (nSPS) is 16.6. The number of amides is 1. The van der Waals surface area contributed by atoms with Gasteiger partial charge < -0.3 is 28.1 Å². The van der Waals surface area contributed by atoms with Crippen LogP contribution < -0.4 is 0 Å². The van der Waals surface area contributed by atoms with Crippen molar-refractivity contribution >= 4 is 34.2 Å². The number of methoxy groups -OCH3 is 1. The van der Waals surface area contributed by atoms with Gasteiger partial charge in [0.25, 0.3) is 14.2 Å². The van der Waals surface area contributed by atoms with Crippen molar-refractivity contribution < 1.29 is 33.0 Å². The molecule has 1 amide bonds. The second-order valence-electron chi connectivity index (χ2n) is 12.8. The fourth-order valence-electron chi connectivity index (χ4n) is 3.77. The largest absolute Gasteiger partial charge is 0.539 e. The van der Waals surface area contributed by atoms with E-state index in [-0.39, 0.29) is 48.2 Å². The lowest BCUT2D eigenvalue weighted by atomic mass is 10.1. The summed E-state index contributed by atoms with van der Waals surface area (Å²) in [4.78, 5) is 40.5. The second kappa shape index (κ2) is 13.8. The summed E-state index contributed by atoms with van der Waals surface area (Å²) in [7, 11) is -2.21. The molecule has 1 aliphatic rings. The van der Waals surface area contributed by atoms with Gasteiger partial charge in [-0.3, -0.25) is 4.79 Å². The second-order valence-corrected chi connectivity index (χ2v) is 23.2. The van der Waals surface area contributed by atoms with Gasteiger partial charge in [0.15, 0.2) is 5.76 Å². The Kier molecular flexibility index (Phi) is 11.6. The van der Waals surface area contributed by atoms with Gasteiger partial charge in [0, 0.05) is 33.3 Å². The van der Waals surface area contributed by atoms with Crippen molar-refractivity contribution in [3.05, 3.63) is 47.6 Å². The lowest BCUT2D eigenvalue weighted by Gasteiger charge is -2.36. The van der Waals surface area contributed by atoms with Crippen LogP contribution in [0.5, 0.6) is 0 Å². The van der Waals surface area contributed by atoms with E-state index in [4.69, 9.17) is 18.6 Å². The van der Waals surface area contributed by atoms with E-state index in [1.54, 1.807) is 42.0 Å². The number of carbonyl (C=O) groups excluding carboxylic acids is 3. The predicted molar refractivity (Wildman–Crippen MR) is 161 cm³/mol. The summed E-state index contributed by atoms with van der Waals surface area (Å²) in [6.45, 7) is 20.3. The maximum absolute atomic E-state index is 13.7. The minimum atomic E-state index is -2.30. The molecule has 0 spiro atoms. The molecule has 1 aliphatic heterocycles. The Hall–Kier alpha value is -2.64. The Balaban J connectivity index is 2.25. The third-order valence-electron chi connectivity index (χ3n) is 7.27. The summed E-state index contributed by atoms with van der Waals surface area (Å²) < 4.78 is 24.1. The molecule has 0 aromatic carbocycles. The van der Waals surface area contributed by atoms with E-state index >= 15 is 0 Å². The molecule has 11 heteroatoms. The van der Waals surface area contributed by atoms with E-state index < -0.39 is 28.3 Å². The number of hydrogen-bond acceptors (Lipinski definition) is 7. The Morgan fingerprint density at radius 1 is 1.12 bits per heavy atom. The molecule has 1 atom stereocenters. The first-order valence-corrected chi connectivity index (χ1v) is 20.5. The van der Waals surface area contributed by atoms with E-state index in [1.807, 2.05) is 0 Å². The zero-order chi connectivity index (χ0) is 30.3. The topological polar surface area (TPSA) is 96.3 Å². The van der Waals surface area contributed by atoms with Crippen molar-refractivity contribution in [2.24, 2.45) is 5.92 Å². The summed E-state index contributed by atoms with van der Waals surface area (Å²) in [6.07, 6.45) is 5.63. The number of ether oxygens (including phenoxy) is 3. The van der Waals surface area contributed by atoms with Gasteiger partial charge in [0.1, 0.15) is 18.1 Å². The molecule has 9 nitrogen and oxygen atoms in total. The number of nitrogens with zero attached hydrogens (tertiary/aromatic N) is 2. The smallest absolute Gasteiger partial charge is 0.371 e. The van der Waals surface area contributed by atoms with Gasteiger partial charge in [0.2, 0.25) is 0 Å².